The van der Waals surface area contributed by atoms with E-state index in [0.717, 1.165) is 80.9 Å². The highest BCUT2D eigenvalue weighted by Gasteiger charge is 2.35. The smallest absolute Gasteiger partial charge is 0.241 e. The number of amides is 1. The van der Waals surface area contributed by atoms with Gasteiger partial charge < -0.3 is 15.5 Å². The van der Waals surface area contributed by atoms with Crippen LogP contribution in [0, 0.1) is 6.92 Å². The van der Waals surface area contributed by atoms with Gasteiger partial charge in [0.1, 0.15) is 11.9 Å². The van der Waals surface area contributed by atoms with Crippen molar-refractivity contribution in [3.8, 4) is 0 Å². The minimum atomic E-state index is -0.251. The Bertz CT molecular complexity index is 956. The second-order valence-electron chi connectivity index (χ2n) is 9.04. The van der Waals surface area contributed by atoms with Crippen molar-refractivity contribution in [2.45, 2.75) is 69.1 Å². The Balaban J connectivity index is 1.41. The third-order valence-corrected chi connectivity index (χ3v) is 7.02. The molecule has 168 valence electrons. The number of hydrogen-bond donors (Lipinski definition) is 3. The van der Waals surface area contributed by atoms with Crippen LogP contribution < -0.4 is 21.5 Å². The minimum absolute atomic E-state index is 0.0255. The zero-order valence-electron chi connectivity index (χ0n) is 17.9. The number of halogens is 1. The first-order chi connectivity index (χ1) is 15.0. The van der Waals surface area contributed by atoms with Gasteiger partial charge in [-0.1, -0.05) is 0 Å². The summed E-state index contributed by atoms with van der Waals surface area (Å²) in [6.45, 7) is 4.59. The van der Waals surface area contributed by atoms with Gasteiger partial charge in [0.15, 0.2) is 5.65 Å². The monoisotopic (exact) mass is 446 g/mol. The van der Waals surface area contributed by atoms with Crippen molar-refractivity contribution in [2.24, 2.45) is 5.73 Å². The number of fused-ring (bicyclic) bond motifs is 1. The van der Waals surface area contributed by atoms with Crippen molar-refractivity contribution in [2.75, 3.05) is 24.5 Å². The second-order valence-corrected chi connectivity index (χ2v) is 9.57. The summed E-state index contributed by atoms with van der Waals surface area (Å²) in [6, 6.07) is 1.97. The van der Waals surface area contributed by atoms with Crippen LogP contribution in [0.4, 0.5) is 5.82 Å². The Morgan fingerprint density at radius 2 is 2.06 bits per heavy atom. The molecule has 0 aromatic carbocycles. The van der Waals surface area contributed by atoms with Crippen molar-refractivity contribution in [1.29, 1.82) is 0 Å². The molecule has 4 atom stereocenters. The number of nitrogens with two attached hydrogens (primary N) is 1. The molecule has 5 heterocycles. The highest BCUT2D eigenvalue weighted by molar-refractivity contribution is 6.20. The Kier molecular flexibility index (Phi) is 5.76. The van der Waals surface area contributed by atoms with Crippen molar-refractivity contribution < 1.29 is 4.79 Å². The van der Waals surface area contributed by atoms with Crippen LogP contribution in [0.3, 0.4) is 0 Å². The summed E-state index contributed by atoms with van der Waals surface area (Å²) in [5.74, 6) is 1.10. The molecular formula is C21H31ClN8O. The number of carbonyl (C=O) groups is 1. The van der Waals surface area contributed by atoms with Gasteiger partial charge in [-0.05, 0) is 45.4 Å². The van der Waals surface area contributed by atoms with E-state index in [0.29, 0.717) is 0 Å². The van der Waals surface area contributed by atoms with Crippen LogP contribution in [-0.4, -0.2) is 62.6 Å². The Morgan fingerprint density at radius 1 is 1.19 bits per heavy atom. The fourth-order valence-electron chi connectivity index (χ4n) is 5.02. The van der Waals surface area contributed by atoms with E-state index < -0.39 is 0 Å². The van der Waals surface area contributed by atoms with Crippen LogP contribution in [-0.2, 0) is 4.79 Å². The van der Waals surface area contributed by atoms with E-state index in [-0.39, 0.29) is 29.5 Å². The van der Waals surface area contributed by atoms with Crippen LogP contribution in [0.1, 0.15) is 55.8 Å². The van der Waals surface area contributed by atoms with E-state index in [1.54, 1.807) is 0 Å². The maximum absolute atomic E-state index is 13.3. The zero-order chi connectivity index (χ0) is 21.5. The number of alkyl halides is 1. The summed E-state index contributed by atoms with van der Waals surface area (Å²) in [6.07, 6.45) is 7.55. The number of nitrogens with zero attached hydrogens (tertiary/aromatic N) is 5. The molecule has 2 unspecified atom stereocenters. The summed E-state index contributed by atoms with van der Waals surface area (Å²) >= 11 is 6.09. The summed E-state index contributed by atoms with van der Waals surface area (Å²) in [5, 5.41) is 4.83. The van der Waals surface area contributed by atoms with Crippen LogP contribution in [0.15, 0.2) is 12.3 Å². The molecule has 3 saturated heterocycles. The molecule has 0 bridgehead atoms. The van der Waals surface area contributed by atoms with Crippen molar-refractivity contribution in [1.82, 2.24) is 30.3 Å². The van der Waals surface area contributed by atoms with Gasteiger partial charge in [0.05, 0.1) is 17.2 Å². The van der Waals surface area contributed by atoms with Gasteiger partial charge in [0, 0.05) is 43.5 Å². The Labute approximate surface area is 187 Å². The van der Waals surface area contributed by atoms with Gasteiger partial charge in [-0.2, -0.15) is 5.10 Å². The molecule has 31 heavy (non-hydrogen) atoms. The maximum atomic E-state index is 13.3. The summed E-state index contributed by atoms with van der Waals surface area (Å²) in [5.41, 5.74) is 14.9. The number of aryl methyl sites for hydroxylation is 1. The van der Waals surface area contributed by atoms with Crippen molar-refractivity contribution >= 4 is 29.0 Å². The summed E-state index contributed by atoms with van der Waals surface area (Å²) in [7, 11) is 0. The van der Waals surface area contributed by atoms with Gasteiger partial charge in [-0.25, -0.2) is 20.4 Å². The maximum Gasteiger partial charge on any atom is 0.241 e. The van der Waals surface area contributed by atoms with Gasteiger partial charge in [0.25, 0.3) is 0 Å². The first-order valence-corrected chi connectivity index (χ1v) is 11.8. The second kappa shape index (κ2) is 8.54. The number of hydrazine groups is 1. The molecule has 3 aliphatic rings. The molecule has 4 N–H and O–H groups in total. The van der Waals surface area contributed by atoms with Gasteiger partial charge in [0.2, 0.25) is 5.91 Å². The lowest BCUT2D eigenvalue weighted by Crippen LogP contribution is -2.57. The molecule has 5 rings (SSSR count). The molecule has 2 aromatic rings. The van der Waals surface area contributed by atoms with Crippen molar-refractivity contribution in [3.05, 3.63) is 23.5 Å². The number of nitrogens with one attached hydrogen (secondary N) is 2. The lowest BCUT2D eigenvalue weighted by molar-refractivity contribution is -0.138. The molecule has 3 aliphatic heterocycles. The highest BCUT2D eigenvalue weighted by atomic mass is 35.5. The number of piperidine rings is 1. The van der Waals surface area contributed by atoms with E-state index in [1.807, 2.05) is 21.7 Å². The lowest BCUT2D eigenvalue weighted by atomic mass is 9.97. The number of rotatable bonds is 3. The molecule has 0 aliphatic carbocycles. The molecular weight excluding hydrogens is 416 g/mol. The van der Waals surface area contributed by atoms with E-state index in [2.05, 4.69) is 22.7 Å². The van der Waals surface area contributed by atoms with E-state index in [1.165, 1.54) is 0 Å². The molecule has 1 amide bonds. The molecule has 0 radical (unpaired) electrons. The van der Waals surface area contributed by atoms with Gasteiger partial charge in [-0.3, -0.25) is 4.79 Å². The molecule has 2 aromatic heterocycles. The predicted molar refractivity (Wildman–Crippen MR) is 120 cm³/mol. The van der Waals surface area contributed by atoms with Gasteiger partial charge in [-0.15, -0.1) is 11.6 Å². The highest BCUT2D eigenvalue weighted by Crippen LogP contribution is 2.32. The fourth-order valence-corrected chi connectivity index (χ4v) is 5.21. The quantitative estimate of drug-likeness (QED) is 0.484. The van der Waals surface area contributed by atoms with Crippen LogP contribution >= 0.6 is 11.6 Å². The number of anilines is 1. The van der Waals surface area contributed by atoms with Crippen LogP contribution in [0.5, 0.6) is 0 Å². The zero-order valence-corrected chi connectivity index (χ0v) is 18.7. The molecule has 0 saturated carbocycles. The molecule has 3 fully saturated rings. The van der Waals surface area contributed by atoms with E-state index >= 15 is 0 Å². The molecule has 10 heteroatoms. The molecule has 0 spiro atoms. The summed E-state index contributed by atoms with van der Waals surface area (Å²) < 4.78 is 1.85. The largest absolute Gasteiger partial charge is 0.355 e. The van der Waals surface area contributed by atoms with Crippen LogP contribution in [0.2, 0.25) is 0 Å². The summed E-state index contributed by atoms with van der Waals surface area (Å²) in [4.78, 5) is 22.4. The Hall–Kier alpha value is -1.94. The number of aromatic nitrogens is 3. The average molecular weight is 447 g/mol. The first kappa shape index (κ1) is 20.9. The first-order valence-electron chi connectivity index (χ1n) is 11.3. The van der Waals surface area contributed by atoms with E-state index in [9.17, 15) is 4.79 Å². The van der Waals surface area contributed by atoms with Crippen LogP contribution in [0.25, 0.3) is 5.65 Å². The van der Waals surface area contributed by atoms with Crippen molar-refractivity contribution in [3.63, 3.8) is 0 Å². The topological polar surface area (TPSA) is 104 Å². The van der Waals surface area contributed by atoms with Gasteiger partial charge >= 0.3 is 0 Å². The number of hydrogen-bond acceptors (Lipinski definition) is 7. The third-order valence-electron chi connectivity index (χ3n) is 6.70. The SMILES string of the molecule is Cc1cn2nc([C@@H]3CCCCN3C(=O)C3CCC(Cl)NN3)cc2nc1N1CC[C@H](N)C1. The normalized spacial score (nSPS) is 29.6. The predicted octanol–water partition coefficient (Wildman–Crippen LogP) is 1.45. The Morgan fingerprint density at radius 3 is 2.81 bits per heavy atom. The molecule has 9 nitrogen and oxygen atoms in total. The average Bonchev–Trinajstić information content (AvgIpc) is 3.39. The minimum Gasteiger partial charge on any atom is -0.355 e. The number of carbonyl (C=O) groups excluding carboxylic acids is 1. The lowest BCUT2D eigenvalue weighted by Gasteiger charge is -2.38. The standard InChI is InChI=1S/C21H31ClN8O/c1-13-11-30-19(24-20(13)28-9-7-14(23)12-28)10-16(27-30)17-4-2-3-8-29(17)21(31)15-5-6-18(22)26-25-15/h10-11,14-15,17-18,25-26H,2-9,12,23H2,1H3/t14-,15?,17-,18?/m0/s1. The number of likely N-dealkylation sites (tertiary alicyclic amines) is 1. The fraction of sp³-hybridized carbons (Fsp3) is 0.667. The van der Waals surface area contributed by atoms with E-state index in [4.69, 9.17) is 27.4 Å². The third kappa shape index (κ3) is 4.11.